The van der Waals surface area contributed by atoms with Gasteiger partial charge < -0.3 is 9.15 Å². The summed E-state index contributed by atoms with van der Waals surface area (Å²) >= 11 is 0. The Morgan fingerprint density at radius 3 is 2.85 bits per heavy atom. The summed E-state index contributed by atoms with van der Waals surface area (Å²) in [6.45, 7) is 1.77. The minimum atomic E-state index is -0.638. The number of halogens is 1. The monoisotopic (exact) mass is 352 g/mol. The second-order valence-electron chi connectivity index (χ2n) is 5.59. The maximum atomic E-state index is 13.9. The number of nitrogens with zero attached hydrogens (tertiary/aromatic N) is 4. The molecule has 3 heterocycles. The molecule has 0 aliphatic carbocycles. The molecule has 0 radical (unpaired) electrons. The van der Waals surface area contributed by atoms with Gasteiger partial charge in [-0.25, -0.2) is 9.67 Å². The van der Waals surface area contributed by atoms with Crippen molar-refractivity contribution in [3.8, 4) is 22.9 Å². The van der Waals surface area contributed by atoms with Gasteiger partial charge in [-0.2, -0.15) is 4.39 Å². The van der Waals surface area contributed by atoms with Crippen LogP contribution >= 0.6 is 0 Å². The summed E-state index contributed by atoms with van der Waals surface area (Å²) in [5, 5.41) is 8.60. The molecule has 0 aliphatic rings. The van der Waals surface area contributed by atoms with Gasteiger partial charge in [-0.05, 0) is 31.2 Å². The average molecular weight is 352 g/mol. The number of benzene rings is 1. The SMILES string of the molecule is COc1cc(=O)c2ccc(-c3nnn(-c4cccnc4F)c3C)cc2o1. The lowest BCUT2D eigenvalue weighted by Gasteiger charge is -2.05. The number of hydrogen-bond donors (Lipinski definition) is 0. The Balaban J connectivity index is 1.86. The smallest absolute Gasteiger partial charge is 0.288 e. The molecule has 4 rings (SSSR count). The van der Waals surface area contributed by atoms with Crippen LogP contribution in [0.15, 0.2) is 51.8 Å². The first kappa shape index (κ1) is 15.9. The van der Waals surface area contributed by atoms with Crippen LogP contribution in [-0.2, 0) is 0 Å². The molecule has 26 heavy (non-hydrogen) atoms. The zero-order valence-corrected chi connectivity index (χ0v) is 13.9. The molecule has 0 fully saturated rings. The van der Waals surface area contributed by atoms with Crippen molar-refractivity contribution in [2.75, 3.05) is 7.11 Å². The highest BCUT2D eigenvalue weighted by Crippen LogP contribution is 2.27. The summed E-state index contributed by atoms with van der Waals surface area (Å²) in [5.41, 5.74) is 2.22. The molecule has 3 aromatic heterocycles. The normalized spacial score (nSPS) is 11.0. The lowest BCUT2D eigenvalue weighted by molar-refractivity contribution is 0.310. The van der Waals surface area contributed by atoms with Crippen LogP contribution < -0.4 is 10.2 Å². The molecule has 0 saturated carbocycles. The highest BCUT2D eigenvalue weighted by molar-refractivity contribution is 5.82. The van der Waals surface area contributed by atoms with Crippen molar-refractivity contribution in [3.05, 3.63) is 64.5 Å². The van der Waals surface area contributed by atoms with E-state index in [1.165, 1.54) is 24.1 Å². The van der Waals surface area contributed by atoms with E-state index in [0.29, 0.717) is 27.9 Å². The molecule has 0 N–H and O–H groups in total. The predicted octanol–water partition coefficient (Wildman–Crippen LogP) is 2.89. The predicted molar refractivity (Wildman–Crippen MR) is 91.9 cm³/mol. The van der Waals surface area contributed by atoms with E-state index in [1.807, 2.05) is 0 Å². The van der Waals surface area contributed by atoms with E-state index in [2.05, 4.69) is 15.3 Å². The second kappa shape index (κ2) is 6.07. The summed E-state index contributed by atoms with van der Waals surface area (Å²) in [4.78, 5) is 15.7. The van der Waals surface area contributed by atoms with Crippen LogP contribution in [0.4, 0.5) is 4.39 Å². The van der Waals surface area contributed by atoms with Gasteiger partial charge in [0, 0.05) is 11.8 Å². The number of aromatic nitrogens is 4. The van der Waals surface area contributed by atoms with Gasteiger partial charge in [0.2, 0.25) is 5.95 Å². The number of fused-ring (bicyclic) bond motifs is 1. The van der Waals surface area contributed by atoms with Crippen LogP contribution in [0.25, 0.3) is 27.9 Å². The Kier molecular flexibility index (Phi) is 3.72. The van der Waals surface area contributed by atoms with Crippen molar-refractivity contribution < 1.29 is 13.5 Å². The third-order valence-corrected chi connectivity index (χ3v) is 4.04. The second-order valence-corrected chi connectivity index (χ2v) is 5.59. The quantitative estimate of drug-likeness (QED) is 0.527. The summed E-state index contributed by atoms with van der Waals surface area (Å²) < 4.78 is 25.9. The first-order chi connectivity index (χ1) is 12.6. The fourth-order valence-electron chi connectivity index (χ4n) is 2.74. The molecule has 0 bridgehead atoms. The number of pyridine rings is 1. The Morgan fingerprint density at radius 2 is 2.08 bits per heavy atom. The maximum absolute atomic E-state index is 13.9. The van der Waals surface area contributed by atoms with E-state index in [9.17, 15) is 9.18 Å². The number of rotatable bonds is 3. The lowest BCUT2D eigenvalue weighted by Crippen LogP contribution is -2.03. The minimum Gasteiger partial charge on any atom is -0.468 e. The van der Waals surface area contributed by atoms with E-state index >= 15 is 0 Å². The molecule has 0 unspecified atom stereocenters. The number of ether oxygens (including phenoxy) is 1. The summed E-state index contributed by atoms with van der Waals surface area (Å²) in [5.74, 6) is -0.515. The zero-order valence-electron chi connectivity index (χ0n) is 13.9. The van der Waals surface area contributed by atoms with Gasteiger partial charge in [0.1, 0.15) is 17.0 Å². The van der Waals surface area contributed by atoms with Crippen LogP contribution in [0.5, 0.6) is 5.95 Å². The summed E-state index contributed by atoms with van der Waals surface area (Å²) in [6.07, 6.45) is 1.37. The van der Waals surface area contributed by atoms with Crippen molar-refractivity contribution in [2.24, 2.45) is 0 Å². The van der Waals surface area contributed by atoms with Gasteiger partial charge in [-0.15, -0.1) is 5.10 Å². The fourth-order valence-corrected chi connectivity index (χ4v) is 2.74. The van der Waals surface area contributed by atoms with Crippen molar-refractivity contribution in [2.45, 2.75) is 6.92 Å². The molecule has 0 aliphatic heterocycles. The molecule has 0 amide bonds. The van der Waals surface area contributed by atoms with Gasteiger partial charge in [-0.3, -0.25) is 4.79 Å². The van der Waals surface area contributed by atoms with Crippen LogP contribution in [0.3, 0.4) is 0 Å². The van der Waals surface area contributed by atoms with Gasteiger partial charge in [-0.1, -0.05) is 11.3 Å². The molecule has 1 aromatic carbocycles. The zero-order chi connectivity index (χ0) is 18.3. The van der Waals surface area contributed by atoms with E-state index in [0.717, 1.165) is 0 Å². The molecule has 0 saturated heterocycles. The molecule has 130 valence electrons. The Hall–Kier alpha value is -3.55. The molecule has 7 nitrogen and oxygen atoms in total. The number of methoxy groups -OCH3 is 1. The van der Waals surface area contributed by atoms with Gasteiger partial charge >= 0.3 is 0 Å². The van der Waals surface area contributed by atoms with Crippen LogP contribution in [0.1, 0.15) is 5.69 Å². The molecular formula is C18H13FN4O3. The first-order valence-corrected chi connectivity index (χ1v) is 7.74. The number of hydrogen-bond acceptors (Lipinski definition) is 6. The summed E-state index contributed by atoms with van der Waals surface area (Å²) in [6, 6.07) is 9.55. The third kappa shape index (κ3) is 2.52. The van der Waals surface area contributed by atoms with Gasteiger partial charge in [0.15, 0.2) is 5.43 Å². The molecule has 0 spiro atoms. The van der Waals surface area contributed by atoms with Crippen molar-refractivity contribution in [1.82, 2.24) is 20.0 Å². The third-order valence-electron chi connectivity index (χ3n) is 4.04. The lowest BCUT2D eigenvalue weighted by atomic mass is 10.1. The first-order valence-electron chi connectivity index (χ1n) is 7.74. The van der Waals surface area contributed by atoms with E-state index in [-0.39, 0.29) is 17.1 Å². The molecule has 8 heteroatoms. The van der Waals surface area contributed by atoms with Crippen molar-refractivity contribution in [1.29, 1.82) is 0 Å². The van der Waals surface area contributed by atoms with Crippen LogP contribution in [-0.4, -0.2) is 27.1 Å². The molecular weight excluding hydrogens is 339 g/mol. The molecule has 0 atom stereocenters. The van der Waals surface area contributed by atoms with Crippen molar-refractivity contribution in [3.63, 3.8) is 0 Å². The van der Waals surface area contributed by atoms with Crippen molar-refractivity contribution >= 4 is 11.0 Å². The Morgan fingerprint density at radius 1 is 1.23 bits per heavy atom. The maximum Gasteiger partial charge on any atom is 0.288 e. The Bertz CT molecular complexity index is 1180. The highest BCUT2D eigenvalue weighted by Gasteiger charge is 2.16. The molecule has 4 aromatic rings. The highest BCUT2D eigenvalue weighted by atomic mass is 19.1. The summed E-state index contributed by atoms with van der Waals surface area (Å²) in [7, 11) is 1.42. The van der Waals surface area contributed by atoms with E-state index in [4.69, 9.17) is 9.15 Å². The largest absolute Gasteiger partial charge is 0.468 e. The van der Waals surface area contributed by atoms with E-state index < -0.39 is 5.95 Å². The fraction of sp³-hybridized carbons (Fsp3) is 0.111. The van der Waals surface area contributed by atoms with Gasteiger partial charge in [0.25, 0.3) is 5.95 Å². The topological polar surface area (TPSA) is 83.0 Å². The minimum absolute atomic E-state index is 0.123. The van der Waals surface area contributed by atoms with Crippen LogP contribution in [0, 0.1) is 12.9 Å². The standard InChI is InChI=1S/C18H13FN4O3/c1-10-17(21-22-23(10)13-4-3-7-20-18(13)19)11-5-6-12-14(24)9-16(25-2)26-15(12)8-11/h3-9H,1-2H3. The average Bonchev–Trinajstić information content (AvgIpc) is 3.03. The van der Waals surface area contributed by atoms with E-state index in [1.54, 1.807) is 37.3 Å². The Labute approximate surface area is 146 Å². The van der Waals surface area contributed by atoms with Gasteiger partial charge in [0.05, 0.1) is 24.3 Å². The van der Waals surface area contributed by atoms with Crippen LogP contribution in [0.2, 0.25) is 0 Å².